The van der Waals surface area contributed by atoms with Gasteiger partial charge in [0.05, 0.1) is 35.6 Å². The van der Waals surface area contributed by atoms with E-state index in [-0.39, 0.29) is 5.97 Å². The zero-order valence-corrected chi connectivity index (χ0v) is 14.9. The van der Waals surface area contributed by atoms with E-state index in [2.05, 4.69) is 26.8 Å². The highest BCUT2D eigenvalue weighted by atomic mass is 16.5. The van der Waals surface area contributed by atoms with Gasteiger partial charge < -0.3 is 14.5 Å². The Bertz CT molecular complexity index is 927. The van der Waals surface area contributed by atoms with Crippen molar-refractivity contribution in [2.75, 3.05) is 45.2 Å². The summed E-state index contributed by atoms with van der Waals surface area (Å²) in [5, 5.41) is 0. The number of pyridine rings is 1. The maximum Gasteiger partial charge on any atom is 0.337 e. The predicted molar refractivity (Wildman–Crippen MR) is 99.9 cm³/mol. The van der Waals surface area contributed by atoms with Crippen molar-refractivity contribution in [2.24, 2.45) is 0 Å². The summed E-state index contributed by atoms with van der Waals surface area (Å²) in [4.78, 5) is 25.5. The van der Waals surface area contributed by atoms with E-state index in [1.165, 1.54) is 7.11 Å². The summed E-state index contributed by atoms with van der Waals surface area (Å²) >= 11 is 0. The lowest BCUT2D eigenvalue weighted by atomic mass is 10.2. The minimum atomic E-state index is -0.358. The number of piperazine rings is 1. The van der Waals surface area contributed by atoms with Crippen LogP contribution >= 0.6 is 0 Å². The summed E-state index contributed by atoms with van der Waals surface area (Å²) in [6.07, 6.45) is 3.60. The first kappa shape index (κ1) is 16.5. The third kappa shape index (κ3) is 3.01. The second kappa shape index (κ2) is 6.76. The smallest absolute Gasteiger partial charge is 0.337 e. The molecule has 0 saturated carbocycles. The van der Waals surface area contributed by atoms with E-state index in [1.54, 1.807) is 18.5 Å². The fourth-order valence-electron chi connectivity index (χ4n) is 3.20. The monoisotopic (exact) mass is 351 g/mol. The highest BCUT2D eigenvalue weighted by Gasteiger charge is 2.16. The largest absolute Gasteiger partial charge is 0.465 e. The average molecular weight is 351 g/mol. The van der Waals surface area contributed by atoms with Crippen LogP contribution in [0.25, 0.3) is 16.7 Å². The first-order chi connectivity index (χ1) is 12.7. The molecule has 4 rings (SSSR count). The lowest BCUT2D eigenvalue weighted by Crippen LogP contribution is -2.44. The van der Waals surface area contributed by atoms with E-state index in [1.807, 2.05) is 29.0 Å². The maximum absolute atomic E-state index is 11.8. The van der Waals surface area contributed by atoms with Crippen molar-refractivity contribution >= 4 is 22.8 Å². The number of nitrogens with zero attached hydrogens (tertiary/aromatic N) is 5. The Morgan fingerprint density at radius 2 is 1.88 bits per heavy atom. The second-order valence-corrected chi connectivity index (χ2v) is 6.47. The van der Waals surface area contributed by atoms with Crippen molar-refractivity contribution in [1.29, 1.82) is 0 Å². The SMILES string of the molecule is COC(=O)c1ccc2ncn(-c3ccc(N4CCN(C)CC4)nc3)c2c1. The van der Waals surface area contributed by atoms with Crippen LogP contribution in [0.5, 0.6) is 0 Å². The van der Waals surface area contributed by atoms with Crippen molar-refractivity contribution < 1.29 is 9.53 Å². The van der Waals surface area contributed by atoms with Crippen molar-refractivity contribution in [2.45, 2.75) is 0 Å². The number of methoxy groups -OCH3 is 1. The van der Waals surface area contributed by atoms with Crippen LogP contribution < -0.4 is 4.90 Å². The van der Waals surface area contributed by atoms with Crippen LogP contribution in [0.15, 0.2) is 42.9 Å². The van der Waals surface area contributed by atoms with E-state index in [0.29, 0.717) is 5.56 Å². The third-order valence-electron chi connectivity index (χ3n) is 4.81. The third-order valence-corrected chi connectivity index (χ3v) is 4.81. The van der Waals surface area contributed by atoms with Gasteiger partial charge in [0, 0.05) is 26.2 Å². The Balaban J connectivity index is 1.64. The predicted octanol–water partition coefficient (Wildman–Crippen LogP) is 1.96. The van der Waals surface area contributed by atoms with Gasteiger partial charge >= 0.3 is 5.97 Å². The molecule has 1 aromatic carbocycles. The van der Waals surface area contributed by atoms with Crippen LogP contribution in [-0.4, -0.2) is 65.7 Å². The molecule has 1 aliphatic rings. The molecule has 1 aliphatic heterocycles. The van der Waals surface area contributed by atoms with Gasteiger partial charge in [-0.15, -0.1) is 0 Å². The molecule has 1 saturated heterocycles. The molecule has 1 fully saturated rings. The zero-order chi connectivity index (χ0) is 18.1. The normalized spacial score (nSPS) is 15.4. The number of imidazole rings is 1. The molecule has 0 bridgehead atoms. The number of benzene rings is 1. The minimum Gasteiger partial charge on any atom is -0.465 e. The van der Waals surface area contributed by atoms with Crippen molar-refractivity contribution in [1.82, 2.24) is 19.4 Å². The number of rotatable bonds is 3. The molecule has 0 amide bonds. The molecule has 7 heteroatoms. The molecule has 0 radical (unpaired) electrons. The second-order valence-electron chi connectivity index (χ2n) is 6.47. The molecule has 134 valence electrons. The summed E-state index contributed by atoms with van der Waals surface area (Å²) in [7, 11) is 3.52. The summed E-state index contributed by atoms with van der Waals surface area (Å²) < 4.78 is 6.74. The Morgan fingerprint density at radius 3 is 2.58 bits per heavy atom. The Hall–Kier alpha value is -2.93. The fraction of sp³-hybridized carbons (Fsp3) is 0.316. The highest BCUT2D eigenvalue weighted by molar-refractivity contribution is 5.94. The van der Waals surface area contributed by atoms with Crippen molar-refractivity contribution in [3.63, 3.8) is 0 Å². The van der Waals surface area contributed by atoms with Crippen molar-refractivity contribution in [3.8, 4) is 5.69 Å². The van der Waals surface area contributed by atoms with E-state index in [0.717, 1.165) is 48.7 Å². The average Bonchev–Trinajstić information content (AvgIpc) is 3.11. The summed E-state index contributed by atoms with van der Waals surface area (Å²) in [6, 6.07) is 9.41. The number of fused-ring (bicyclic) bond motifs is 1. The van der Waals surface area contributed by atoms with Crippen LogP contribution in [0.2, 0.25) is 0 Å². The van der Waals surface area contributed by atoms with Crippen LogP contribution in [0, 0.1) is 0 Å². The van der Waals surface area contributed by atoms with Crippen molar-refractivity contribution in [3.05, 3.63) is 48.4 Å². The van der Waals surface area contributed by atoms with Gasteiger partial charge in [-0.3, -0.25) is 4.57 Å². The molecule has 7 nitrogen and oxygen atoms in total. The number of anilines is 1. The molecule has 0 spiro atoms. The number of hydrogen-bond acceptors (Lipinski definition) is 6. The van der Waals surface area contributed by atoms with E-state index in [4.69, 9.17) is 4.74 Å². The minimum absolute atomic E-state index is 0.358. The Labute approximate surface area is 151 Å². The topological polar surface area (TPSA) is 63.5 Å². The van der Waals surface area contributed by atoms with Crippen LogP contribution in [-0.2, 0) is 4.74 Å². The summed E-state index contributed by atoms with van der Waals surface area (Å²) in [5.41, 5.74) is 3.08. The number of likely N-dealkylation sites (N-methyl/N-ethyl adjacent to an activating group) is 1. The van der Waals surface area contributed by atoms with Crippen LogP contribution in [0.4, 0.5) is 5.82 Å². The lowest BCUT2D eigenvalue weighted by Gasteiger charge is -2.33. The highest BCUT2D eigenvalue weighted by Crippen LogP contribution is 2.21. The molecular formula is C19H21N5O2. The first-order valence-electron chi connectivity index (χ1n) is 8.61. The van der Waals surface area contributed by atoms with E-state index in [9.17, 15) is 4.79 Å². The Morgan fingerprint density at radius 1 is 1.08 bits per heavy atom. The quantitative estimate of drug-likeness (QED) is 0.672. The van der Waals surface area contributed by atoms with Gasteiger partial charge in [0.25, 0.3) is 0 Å². The molecule has 0 aliphatic carbocycles. The number of esters is 1. The van der Waals surface area contributed by atoms with Gasteiger partial charge in [0.2, 0.25) is 0 Å². The number of aromatic nitrogens is 3. The van der Waals surface area contributed by atoms with Gasteiger partial charge in [0.1, 0.15) is 12.1 Å². The Kier molecular flexibility index (Phi) is 4.30. The van der Waals surface area contributed by atoms with Gasteiger partial charge in [-0.25, -0.2) is 14.8 Å². The maximum atomic E-state index is 11.8. The molecule has 3 aromatic rings. The molecule has 0 atom stereocenters. The number of hydrogen-bond donors (Lipinski definition) is 0. The van der Waals surface area contributed by atoms with Gasteiger partial charge in [-0.05, 0) is 37.4 Å². The van der Waals surface area contributed by atoms with Gasteiger partial charge in [-0.2, -0.15) is 0 Å². The summed E-state index contributed by atoms with van der Waals surface area (Å²) in [6.45, 7) is 4.07. The van der Waals surface area contributed by atoms with E-state index >= 15 is 0 Å². The molecule has 0 N–H and O–H groups in total. The number of carbonyl (C=O) groups is 1. The van der Waals surface area contributed by atoms with Crippen LogP contribution in [0.3, 0.4) is 0 Å². The van der Waals surface area contributed by atoms with Gasteiger partial charge in [0.15, 0.2) is 0 Å². The van der Waals surface area contributed by atoms with E-state index < -0.39 is 0 Å². The molecule has 0 unspecified atom stereocenters. The standard InChI is InChI=1S/C19H21N5O2/c1-22-7-9-23(10-8-22)18-6-4-15(12-20-18)24-13-21-16-5-3-14(11-17(16)24)19(25)26-2/h3-6,11-13H,7-10H2,1-2H3. The number of carbonyl (C=O) groups excluding carboxylic acids is 1. The molecule has 3 heterocycles. The summed E-state index contributed by atoms with van der Waals surface area (Å²) in [5.74, 6) is 0.629. The fourth-order valence-corrected chi connectivity index (χ4v) is 3.20. The molecular weight excluding hydrogens is 330 g/mol. The van der Waals surface area contributed by atoms with Gasteiger partial charge in [-0.1, -0.05) is 0 Å². The lowest BCUT2D eigenvalue weighted by molar-refractivity contribution is 0.0601. The van der Waals surface area contributed by atoms with Crippen LogP contribution in [0.1, 0.15) is 10.4 Å². The molecule has 2 aromatic heterocycles. The zero-order valence-electron chi connectivity index (χ0n) is 14.9. The number of ether oxygens (including phenoxy) is 1. The first-order valence-corrected chi connectivity index (χ1v) is 8.61. The molecule has 26 heavy (non-hydrogen) atoms.